The summed E-state index contributed by atoms with van der Waals surface area (Å²) in [6.45, 7) is 6.43. The molecule has 3 heterocycles. The summed E-state index contributed by atoms with van der Waals surface area (Å²) in [5.74, 6) is -0.477. The number of benzene rings is 1. The minimum Gasteiger partial charge on any atom is -0.319 e. The van der Waals surface area contributed by atoms with Crippen molar-refractivity contribution in [3.05, 3.63) is 48.0 Å². The van der Waals surface area contributed by atoms with Gasteiger partial charge >= 0.3 is 6.03 Å². The molecule has 4 rings (SSSR count). The molecule has 0 saturated carbocycles. The average Bonchev–Trinajstić information content (AvgIpc) is 3.02. The van der Waals surface area contributed by atoms with Crippen LogP contribution in [-0.2, 0) is 5.41 Å². The first-order valence-corrected chi connectivity index (χ1v) is 9.06. The Labute approximate surface area is 161 Å². The molecule has 0 unspecified atom stereocenters. The maximum atomic E-state index is 14.4. The third kappa shape index (κ3) is 3.42. The van der Waals surface area contributed by atoms with Gasteiger partial charge in [-0.05, 0) is 35.2 Å². The zero-order valence-electron chi connectivity index (χ0n) is 15.9. The lowest BCUT2D eigenvalue weighted by Crippen LogP contribution is -2.53. The van der Waals surface area contributed by atoms with E-state index in [1.807, 2.05) is 6.07 Å². The lowest BCUT2D eigenvalue weighted by Gasteiger charge is -2.34. The summed E-state index contributed by atoms with van der Waals surface area (Å²) in [4.78, 5) is 17.8. The molecule has 2 aromatic heterocycles. The molecule has 8 heteroatoms. The number of rotatable bonds is 2. The highest BCUT2D eigenvalue weighted by molar-refractivity contribution is 5.90. The number of hydrogen-bond donors (Lipinski definition) is 1. The second kappa shape index (κ2) is 6.54. The van der Waals surface area contributed by atoms with Gasteiger partial charge in [-0.15, -0.1) is 5.10 Å². The number of hydrogen-bond acceptors (Lipinski definition) is 3. The number of amides is 2. The van der Waals surface area contributed by atoms with Crippen molar-refractivity contribution in [1.82, 2.24) is 19.7 Å². The van der Waals surface area contributed by atoms with E-state index in [0.29, 0.717) is 11.3 Å². The van der Waals surface area contributed by atoms with E-state index >= 15 is 0 Å². The molecule has 1 saturated heterocycles. The lowest BCUT2D eigenvalue weighted by atomic mass is 9.88. The highest BCUT2D eigenvalue weighted by atomic mass is 19.1. The van der Waals surface area contributed by atoms with Gasteiger partial charge in [-0.1, -0.05) is 20.8 Å². The van der Waals surface area contributed by atoms with Gasteiger partial charge in [0, 0.05) is 23.5 Å². The predicted octanol–water partition coefficient (Wildman–Crippen LogP) is 4.04. The van der Waals surface area contributed by atoms with Crippen molar-refractivity contribution in [2.75, 3.05) is 18.4 Å². The molecule has 0 bridgehead atoms. The Balaban J connectivity index is 1.64. The highest BCUT2D eigenvalue weighted by Crippen LogP contribution is 2.26. The molecule has 2 amide bonds. The number of anilines is 1. The summed E-state index contributed by atoms with van der Waals surface area (Å²) < 4.78 is 28.8. The number of pyridine rings is 1. The molecule has 1 aliphatic rings. The van der Waals surface area contributed by atoms with E-state index in [-0.39, 0.29) is 24.2 Å². The molecule has 1 N–H and O–H groups in total. The first kappa shape index (κ1) is 18.3. The van der Waals surface area contributed by atoms with Crippen molar-refractivity contribution < 1.29 is 13.6 Å². The fraction of sp³-hybridized carbons (Fsp3) is 0.350. The standard InChI is InChI=1S/C20H21F2N5O/c1-20(2,3)13-6-12-9-27(25-18(12)23-8-13)17-7-15(4-5-16(17)22)24-19(28)26-10-14(21)11-26/h4-9,14H,10-11H2,1-3H3,(H,24,28). The maximum Gasteiger partial charge on any atom is 0.322 e. The van der Waals surface area contributed by atoms with E-state index in [0.717, 1.165) is 10.9 Å². The fourth-order valence-corrected chi connectivity index (χ4v) is 3.01. The van der Waals surface area contributed by atoms with E-state index in [1.54, 1.807) is 12.4 Å². The zero-order valence-corrected chi connectivity index (χ0v) is 15.9. The molecule has 0 spiro atoms. The molecule has 0 atom stereocenters. The number of aromatic nitrogens is 3. The number of likely N-dealkylation sites (tertiary alicyclic amines) is 1. The van der Waals surface area contributed by atoms with Gasteiger partial charge < -0.3 is 10.2 Å². The smallest absolute Gasteiger partial charge is 0.319 e. The van der Waals surface area contributed by atoms with Gasteiger partial charge in [0.05, 0.1) is 13.1 Å². The number of fused-ring (bicyclic) bond motifs is 1. The SMILES string of the molecule is CC(C)(C)c1cnc2nn(-c3cc(NC(=O)N4CC(F)C4)ccc3F)cc2c1. The summed E-state index contributed by atoms with van der Waals surface area (Å²) in [6.07, 6.45) is 2.51. The summed E-state index contributed by atoms with van der Waals surface area (Å²) in [7, 11) is 0. The molecule has 0 aliphatic carbocycles. The van der Waals surface area contributed by atoms with E-state index in [9.17, 15) is 13.6 Å². The second-order valence-electron chi connectivity index (χ2n) is 8.06. The first-order valence-electron chi connectivity index (χ1n) is 9.06. The number of alkyl halides is 1. The van der Waals surface area contributed by atoms with Crippen LogP contribution in [0.25, 0.3) is 16.7 Å². The van der Waals surface area contributed by atoms with Crippen LogP contribution in [0.3, 0.4) is 0 Å². The normalized spacial score (nSPS) is 15.0. The van der Waals surface area contributed by atoms with Crippen LogP contribution >= 0.6 is 0 Å². The van der Waals surface area contributed by atoms with Crippen LogP contribution in [0.15, 0.2) is 36.7 Å². The Kier molecular flexibility index (Phi) is 4.28. The van der Waals surface area contributed by atoms with Crippen molar-refractivity contribution in [1.29, 1.82) is 0 Å². The molecule has 3 aromatic rings. The number of carbonyl (C=O) groups is 1. The van der Waals surface area contributed by atoms with Crippen LogP contribution < -0.4 is 5.32 Å². The molecule has 1 aromatic carbocycles. The van der Waals surface area contributed by atoms with Crippen molar-refractivity contribution in [3.63, 3.8) is 0 Å². The number of nitrogens with one attached hydrogen (secondary N) is 1. The zero-order chi connectivity index (χ0) is 20.1. The van der Waals surface area contributed by atoms with Crippen LogP contribution in [0.2, 0.25) is 0 Å². The van der Waals surface area contributed by atoms with Crippen molar-refractivity contribution in [2.45, 2.75) is 32.4 Å². The van der Waals surface area contributed by atoms with Crippen LogP contribution in [-0.4, -0.2) is 45.0 Å². The molecular weight excluding hydrogens is 364 g/mol. The lowest BCUT2D eigenvalue weighted by molar-refractivity contribution is 0.0974. The number of urea groups is 1. The van der Waals surface area contributed by atoms with Gasteiger partial charge in [0.25, 0.3) is 0 Å². The second-order valence-corrected chi connectivity index (χ2v) is 8.06. The molecular formula is C20H21F2N5O. The van der Waals surface area contributed by atoms with Crippen molar-refractivity contribution in [2.24, 2.45) is 0 Å². The minimum atomic E-state index is -0.975. The number of carbonyl (C=O) groups excluding carboxylic acids is 1. The van der Waals surface area contributed by atoms with E-state index in [1.165, 1.54) is 27.8 Å². The van der Waals surface area contributed by atoms with Gasteiger partial charge in [-0.2, -0.15) is 0 Å². The Morgan fingerprint density at radius 3 is 2.68 bits per heavy atom. The van der Waals surface area contributed by atoms with Gasteiger partial charge in [-0.25, -0.2) is 23.2 Å². The quantitative estimate of drug-likeness (QED) is 0.724. The fourth-order valence-electron chi connectivity index (χ4n) is 3.01. The van der Waals surface area contributed by atoms with Gasteiger partial charge in [-0.3, -0.25) is 0 Å². The summed E-state index contributed by atoms with van der Waals surface area (Å²) in [5, 5.41) is 7.82. The van der Waals surface area contributed by atoms with Gasteiger partial charge in [0.15, 0.2) is 5.65 Å². The first-order chi connectivity index (χ1) is 13.2. The summed E-state index contributed by atoms with van der Waals surface area (Å²) in [6, 6.07) is 5.80. The van der Waals surface area contributed by atoms with E-state index in [4.69, 9.17) is 0 Å². The topological polar surface area (TPSA) is 63.1 Å². The molecule has 146 valence electrons. The Hall–Kier alpha value is -3.03. The molecule has 0 radical (unpaired) electrons. The third-order valence-corrected chi connectivity index (χ3v) is 4.79. The highest BCUT2D eigenvalue weighted by Gasteiger charge is 2.30. The van der Waals surface area contributed by atoms with Gasteiger partial charge in [0.2, 0.25) is 0 Å². The van der Waals surface area contributed by atoms with Crippen LogP contribution in [0, 0.1) is 5.82 Å². The molecule has 28 heavy (non-hydrogen) atoms. The monoisotopic (exact) mass is 385 g/mol. The molecule has 1 fully saturated rings. The Morgan fingerprint density at radius 1 is 1.25 bits per heavy atom. The van der Waals surface area contributed by atoms with Crippen LogP contribution in [0.4, 0.5) is 19.3 Å². The predicted molar refractivity (Wildman–Crippen MR) is 103 cm³/mol. The Bertz CT molecular complexity index is 1050. The number of nitrogens with zero attached hydrogens (tertiary/aromatic N) is 4. The molecule has 6 nitrogen and oxygen atoms in total. The largest absolute Gasteiger partial charge is 0.322 e. The summed E-state index contributed by atoms with van der Waals surface area (Å²) in [5.41, 5.74) is 2.11. The van der Waals surface area contributed by atoms with E-state index in [2.05, 4.69) is 36.2 Å². The molecule has 1 aliphatic heterocycles. The Morgan fingerprint density at radius 2 is 2.00 bits per heavy atom. The average molecular weight is 385 g/mol. The van der Waals surface area contributed by atoms with E-state index < -0.39 is 18.0 Å². The van der Waals surface area contributed by atoms with Crippen LogP contribution in [0.1, 0.15) is 26.3 Å². The van der Waals surface area contributed by atoms with Crippen molar-refractivity contribution in [3.8, 4) is 5.69 Å². The number of halogens is 2. The minimum absolute atomic E-state index is 0.0613. The third-order valence-electron chi connectivity index (χ3n) is 4.79. The summed E-state index contributed by atoms with van der Waals surface area (Å²) >= 11 is 0. The van der Waals surface area contributed by atoms with Crippen molar-refractivity contribution >= 4 is 22.8 Å². The van der Waals surface area contributed by atoms with Gasteiger partial charge in [0.1, 0.15) is 17.7 Å². The maximum absolute atomic E-state index is 14.4. The van der Waals surface area contributed by atoms with Crippen LogP contribution in [0.5, 0.6) is 0 Å².